The second-order valence-corrected chi connectivity index (χ2v) is 6.55. The van der Waals surface area contributed by atoms with Gasteiger partial charge in [-0.25, -0.2) is 4.98 Å². The van der Waals surface area contributed by atoms with Crippen LogP contribution in [0.25, 0.3) is 22.4 Å². The number of alkyl halides is 3. The highest BCUT2D eigenvalue weighted by molar-refractivity contribution is 9.10. The summed E-state index contributed by atoms with van der Waals surface area (Å²) in [5.74, 6) is 0.541. The van der Waals surface area contributed by atoms with Crippen molar-refractivity contribution in [3.05, 3.63) is 46.7 Å². The topological polar surface area (TPSA) is 30.7 Å². The van der Waals surface area contributed by atoms with Crippen LogP contribution in [0.2, 0.25) is 0 Å². The van der Waals surface area contributed by atoms with E-state index < -0.39 is 11.7 Å². The van der Waals surface area contributed by atoms with E-state index in [9.17, 15) is 13.2 Å². The van der Waals surface area contributed by atoms with Crippen molar-refractivity contribution in [3.63, 3.8) is 0 Å². The van der Waals surface area contributed by atoms with E-state index in [1.54, 1.807) is 0 Å². The fraction of sp³-hybridized carbons (Fsp3) is 0.250. The molecule has 3 nitrogen and oxygen atoms in total. The van der Waals surface area contributed by atoms with Gasteiger partial charge in [-0.2, -0.15) is 13.2 Å². The highest BCUT2D eigenvalue weighted by Crippen LogP contribution is 2.42. The van der Waals surface area contributed by atoms with Crippen molar-refractivity contribution in [1.82, 2.24) is 14.5 Å². The number of halogens is 4. The molecular weight excluding hydrogens is 371 g/mol. The minimum Gasteiger partial charge on any atom is -0.321 e. The fourth-order valence-corrected chi connectivity index (χ4v) is 3.04. The molecule has 0 atom stereocenters. The first-order valence-corrected chi connectivity index (χ1v) is 7.93. The minimum absolute atomic E-state index is 0.291. The van der Waals surface area contributed by atoms with Crippen molar-refractivity contribution >= 4 is 27.0 Å². The second kappa shape index (κ2) is 5.06. The van der Waals surface area contributed by atoms with Crippen molar-refractivity contribution < 1.29 is 13.2 Å². The molecule has 0 N–H and O–H groups in total. The average Bonchev–Trinajstić information content (AvgIpc) is 3.27. The zero-order chi connectivity index (χ0) is 16.2. The van der Waals surface area contributed by atoms with Gasteiger partial charge in [0.1, 0.15) is 5.82 Å². The number of rotatable bonds is 2. The van der Waals surface area contributed by atoms with Gasteiger partial charge in [0.2, 0.25) is 0 Å². The number of aromatic nitrogens is 3. The maximum absolute atomic E-state index is 12.9. The Balaban J connectivity index is 1.94. The summed E-state index contributed by atoms with van der Waals surface area (Å²) >= 11 is 3.44. The van der Waals surface area contributed by atoms with E-state index in [0.717, 1.165) is 40.6 Å². The van der Waals surface area contributed by atoms with Gasteiger partial charge in [0, 0.05) is 28.5 Å². The first-order valence-electron chi connectivity index (χ1n) is 7.13. The molecule has 118 valence electrons. The van der Waals surface area contributed by atoms with Crippen molar-refractivity contribution in [2.45, 2.75) is 25.1 Å². The van der Waals surface area contributed by atoms with Crippen molar-refractivity contribution in [2.24, 2.45) is 0 Å². The van der Waals surface area contributed by atoms with Crippen LogP contribution < -0.4 is 0 Å². The summed E-state index contributed by atoms with van der Waals surface area (Å²) in [6, 6.07) is 7.09. The molecular formula is C16H11BrF3N3. The van der Waals surface area contributed by atoms with Crippen LogP contribution in [0.1, 0.15) is 24.4 Å². The zero-order valence-corrected chi connectivity index (χ0v) is 13.4. The number of hydrogen-bond acceptors (Lipinski definition) is 2. The largest absolute Gasteiger partial charge is 0.417 e. The van der Waals surface area contributed by atoms with Gasteiger partial charge in [-0.05, 0) is 37.1 Å². The maximum atomic E-state index is 12.9. The molecule has 1 fully saturated rings. The van der Waals surface area contributed by atoms with Gasteiger partial charge in [0.15, 0.2) is 0 Å². The number of benzene rings is 1. The molecule has 1 aliphatic rings. The lowest BCUT2D eigenvalue weighted by Crippen LogP contribution is -2.06. The summed E-state index contributed by atoms with van der Waals surface area (Å²) in [6.07, 6.45) is -0.119. The van der Waals surface area contributed by atoms with Crippen LogP contribution in [-0.2, 0) is 6.18 Å². The van der Waals surface area contributed by atoms with E-state index in [4.69, 9.17) is 0 Å². The third kappa shape index (κ3) is 2.63. The Bertz CT molecular complexity index is 897. The smallest absolute Gasteiger partial charge is 0.321 e. The Morgan fingerprint density at radius 1 is 1.13 bits per heavy atom. The molecule has 0 spiro atoms. The first kappa shape index (κ1) is 14.7. The third-order valence-corrected chi connectivity index (χ3v) is 4.38. The second-order valence-electron chi connectivity index (χ2n) is 5.63. The lowest BCUT2D eigenvalue weighted by atomic mass is 10.2. The summed E-state index contributed by atoms with van der Waals surface area (Å²) < 4.78 is 41.8. The van der Waals surface area contributed by atoms with Crippen LogP contribution in [0.3, 0.4) is 0 Å². The molecule has 2 aromatic heterocycles. The molecule has 0 amide bonds. The van der Waals surface area contributed by atoms with Crippen molar-refractivity contribution in [1.29, 1.82) is 0 Å². The van der Waals surface area contributed by atoms with E-state index >= 15 is 0 Å². The number of imidazole rings is 1. The van der Waals surface area contributed by atoms with Crippen LogP contribution in [0.15, 0.2) is 41.1 Å². The molecule has 3 aromatic rings. The lowest BCUT2D eigenvalue weighted by Gasteiger charge is -2.10. The predicted molar refractivity (Wildman–Crippen MR) is 83.9 cm³/mol. The highest BCUT2D eigenvalue weighted by atomic mass is 79.9. The van der Waals surface area contributed by atoms with Gasteiger partial charge in [0.05, 0.1) is 16.6 Å². The molecule has 0 aliphatic heterocycles. The van der Waals surface area contributed by atoms with Crippen molar-refractivity contribution in [3.8, 4) is 11.4 Å². The Morgan fingerprint density at radius 2 is 1.91 bits per heavy atom. The molecule has 0 saturated heterocycles. The Labute approximate surface area is 138 Å². The molecule has 23 heavy (non-hydrogen) atoms. The maximum Gasteiger partial charge on any atom is 0.417 e. The van der Waals surface area contributed by atoms with E-state index in [2.05, 4.69) is 25.9 Å². The summed E-state index contributed by atoms with van der Waals surface area (Å²) in [5, 5.41) is 0. The minimum atomic E-state index is -4.41. The van der Waals surface area contributed by atoms with Gasteiger partial charge in [-0.3, -0.25) is 4.98 Å². The van der Waals surface area contributed by atoms with Gasteiger partial charge >= 0.3 is 6.18 Å². The quantitative estimate of drug-likeness (QED) is 0.609. The number of pyridine rings is 1. The van der Waals surface area contributed by atoms with Crippen LogP contribution in [-0.4, -0.2) is 14.5 Å². The standard InChI is InChI=1S/C16H11BrF3N3/c17-11-1-4-13-14(6-11)23(12-2-3-12)15(22-13)9-5-10(8-21-7-9)16(18,19)20/h1,4-8,12H,2-3H2. The zero-order valence-electron chi connectivity index (χ0n) is 11.8. The lowest BCUT2D eigenvalue weighted by molar-refractivity contribution is -0.137. The van der Waals surface area contributed by atoms with Crippen LogP contribution >= 0.6 is 15.9 Å². The first-order chi connectivity index (χ1) is 10.9. The van der Waals surface area contributed by atoms with Gasteiger partial charge in [0.25, 0.3) is 0 Å². The molecule has 0 radical (unpaired) electrons. The average molecular weight is 382 g/mol. The monoisotopic (exact) mass is 381 g/mol. The van der Waals surface area contributed by atoms with Gasteiger partial charge < -0.3 is 4.57 Å². The molecule has 2 heterocycles. The Hall–Kier alpha value is -1.89. The van der Waals surface area contributed by atoms with E-state index in [-0.39, 0.29) is 0 Å². The summed E-state index contributed by atoms with van der Waals surface area (Å²) in [4.78, 5) is 8.30. The molecule has 1 aliphatic carbocycles. The Morgan fingerprint density at radius 3 is 2.61 bits per heavy atom. The van der Waals surface area contributed by atoms with E-state index in [1.807, 2.05) is 22.8 Å². The summed E-state index contributed by atoms with van der Waals surface area (Å²) in [7, 11) is 0. The molecule has 0 unspecified atom stereocenters. The number of nitrogens with zero attached hydrogens (tertiary/aromatic N) is 3. The van der Waals surface area contributed by atoms with Gasteiger partial charge in [-0.1, -0.05) is 15.9 Å². The highest BCUT2D eigenvalue weighted by Gasteiger charge is 2.33. The molecule has 7 heteroatoms. The SMILES string of the molecule is FC(F)(F)c1cncc(-c2nc3ccc(Br)cc3n2C2CC2)c1. The molecule has 0 bridgehead atoms. The van der Waals surface area contributed by atoms with Gasteiger partial charge in [-0.15, -0.1) is 0 Å². The molecule has 1 saturated carbocycles. The Kier molecular flexibility index (Phi) is 3.23. The number of fused-ring (bicyclic) bond motifs is 1. The summed E-state index contributed by atoms with van der Waals surface area (Å²) in [5.41, 5.74) is 1.33. The molecule has 1 aromatic carbocycles. The van der Waals surface area contributed by atoms with Crippen LogP contribution in [0.4, 0.5) is 13.2 Å². The summed E-state index contributed by atoms with van der Waals surface area (Å²) in [6.45, 7) is 0. The third-order valence-electron chi connectivity index (χ3n) is 3.89. The van der Waals surface area contributed by atoms with E-state index in [1.165, 1.54) is 6.20 Å². The number of hydrogen-bond donors (Lipinski definition) is 0. The van der Waals surface area contributed by atoms with Crippen molar-refractivity contribution in [2.75, 3.05) is 0 Å². The normalized spacial score (nSPS) is 15.3. The van der Waals surface area contributed by atoms with Crippen LogP contribution in [0, 0.1) is 0 Å². The van der Waals surface area contributed by atoms with Crippen LogP contribution in [0.5, 0.6) is 0 Å². The molecule has 4 rings (SSSR count). The predicted octanol–water partition coefficient (Wildman–Crippen LogP) is 5.21. The van der Waals surface area contributed by atoms with E-state index in [0.29, 0.717) is 17.4 Å². The fourth-order valence-electron chi connectivity index (χ4n) is 2.69.